The van der Waals surface area contributed by atoms with Gasteiger partial charge >= 0.3 is 11.9 Å². The number of likely N-dealkylation sites (N-methyl/N-ethyl adjacent to an activating group) is 3. The van der Waals surface area contributed by atoms with E-state index in [0.29, 0.717) is 58.5 Å². The lowest BCUT2D eigenvalue weighted by Gasteiger charge is -2.36. The van der Waals surface area contributed by atoms with E-state index in [0.717, 1.165) is 123 Å². The van der Waals surface area contributed by atoms with Crippen LogP contribution in [0.15, 0.2) is 99.2 Å². The maximum Gasteiger partial charge on any atom is 0.333 e. The van der Waals surface area contributed by atoms with Gasteiger partial charge < -0.3 is 40.1 Å². The number of amides is 6. The van der Waals surface area contributed by atoms with Gasteiger partial charge in [0.05, 0.1) is 0 Å². The van der Waals surface area contributed by atoms with Crippen molar-refractivity contribution in [2.45, 2.75) is 365 Å². The third kappa shape index (κ3) is 31.6. The number of nitrogens with zero attached hydrogens (tertiary/aromatic N) is 3. The number of hydrogen-bond donors (Lipinski definition) is 3. The predicted molar refractivity (Wildman–Crippen MR) is 448 cm³/mol. The summed E-state index contributed by atoms with van der Waals surface area (Å²) in [4.78, 5) is 96.1. The minimum atomic E-state index is -0.258. The number of hydrogen-bond acceptors (Lipinski definition) is 10. The molecule has 0 aromatic carbocycles. The second-order valence-electron chi connectivity index (χ2n) is 35.6. The zero-order valence-corrected chi connectivity index (χ0v) is 70.1. The Morgan fingerprint density at radius 1 is 0.300 bits per heavy atom. The second-order valence-corrected chi connectivity index (χ2v) is 35.6. The van der Waals surface area contributed by atoms with Crippen LogP contribution < -0.4 is 16.0 Å². The van der Waals surface area contributed by atoms with Gasteiger partial charge in [-0.05, 0) is 240 Å². The van der Waals surface area contributed by atoms with Gasteiger partial charge in [-0.15, -0.1) is 0 Å². The van der Waals surface area contributed by atoms with Crippen molar-refractivity contribution >= 4 is 47.4 Å². The topological polar surface area (TPSA) is 201 Å². The summed E-state index contributed by atoms with van der Waals surface area (Å²) in [6.07, 6.45) is 63.0. The maximum atomic E-state index is 11.6. The molecule has 0 saturated heterocycles. The van der Waals surface area contributed by atoms with Crippen molar-refractivity contribution in [2.24, 2.45) is 59.2 Å². The Balaban J connectivity index is 0.000000197. The summed E-state index contributed by atoms with van der Waals surface area (Å²) in [6.45, 7) is 35.5. The highest BCUT2D eigenvalue weighted by atomic mass is 16.5. The van der Waals surface area contributed by atoms with Gasteiger partial charge in [-0.1, -0.05) is 207 Å². The summed E-state index contributed by atoms with van der Waals surface area (Å²) in [5.41, 5.74) is 2.40. The van der Waals surface area contributed by atoms with E-state index in [-0.39, 0.29) is 59.6 Å². The summed E-state index contributed by atoms with van der Waals surface area (Å²) < 4.78 is 10.7. The fourth-order valence-corrected chi connectivity index (χ4v) is 20.9. The number of carbonyl (C=O) groups is 8. The molecule has 110 heavy (non-hydrogen) atoms. The Bertz CT molecular complexity index is 2900. The predicted octanol–water partition coefficient (Wildman–Crippen LogP) is 19.6. The highest BCUT2D eigenvalue weighted by Gasteiger charge is 2.40. The Morgan fingerprint density at radius 3 is 1.04 bits per heavy atom. The van der Waals surface area contributed by atoms with Gasteiger partial charge in [0.25, 0.3) is 0 Å². The molecule has 13 rings (SSSR count). The zero-order chi connectivity index (χ0) is 80.2. The number of nitrogens with one attached hydrogen (secondary N) is 3. The number of carbonyl (C=O) groups excluding carboxylic acids is 8. The van der Waals surface area contributed by atoms with Gasteiger partial charge in [0.2, 0.25) is 35.4 Å². The quantitative estimate of drug-likeness (QED) is 0.0986. The SMILES string of the molecule is C=C(C)C(=O)N(C)C1CCCCC1.C=C(C)C(=O)NC1CCC2CCCC2C1.C=C(C)C(=O)NC1CCCCC1.C=C(C)C(=O)OC1CCC2CCCC2C1.C=CC(=O)N(C)C1CCC2CCCC2C1.C=CC(=O)N(C)C1CCCCC1.C=CC(=O)NC1CCC2CCCC2C1.C=CC(=O)OC1CCC2CCCC2C1. The molecule has 0 aromatic heterocycles. The van der Waals surface area contributed by atoms with Crippen LogP contribution in [0, 0.1) is 59.2 Å². The van der Waals surface area contributed by atoms with Gasteiger partial charge in [0.1, 0.15) is 12.2 Å². The molecule has 16 heteroatoms. The standard InChI is InChI=1S/2C13H21NO.C13H20O2.C12H19NO.C12H18O2.C11H19NO.2C10H17NO/c1-9(2)13(15)14-12-7-6-10-4-3-5-11(10)8-12;1-3-13(15)14(2)12-8-7-10-5-4-6-11(10)9-12;1-9(2)13(14)15-12-7-6-10-4-3-5-11(10)8-12;1-2-12(14)13-11-7-6-9-4-3-5-10(9)8-11;1-2-12(13)14-11-7-6-9-4-3-5-10(9)8-11;1-9(2)11(13)12(3)10-7-5-4-6-8-10;1-8(2)10(12)11-9-6-4-3-5-7-9;1-3-10(12)11(2)9-7-5-4-6-8-9/h10-12H,1,3-8H2,2H3,(H,14,15);3,10-12H,1,4-9H2,2H3;10-12H,1,3-8H2,2H3;2,9-11H,1,3-8H2,(H,13,14);2,9-11H,1,3-8H2;10H,1,4-8H2,2-3H3;9H,1,3-7H2,2H3,(H,11,12);3,9H,1,4-8H2,2H3. The lowest BCUT2D eigenvalue weighted by molar-refractivity contribution is -0.147. The zero-order valence-electron chi connectivity index (χ0n) is 70.1. The van der Waals surface area contributed by atoms with Gasteiger partial charge in [-0.25, -0.2) is 9.59 Å². The van der Waals surface area contributed by atoms with Crippen LogP contribution in [0.5, 0.6) is 0 Å². The molecule has 15 unspecified atom stereocenters. The fraction of sp³-hybridized carbons (Fsp3) is 0.745. The second kappa shape index (κ2) is 49.3. The number of rotatable bonds is 16. The van der Waals surface area contributed by atoms with Crippen LogP contribution >= 0.6 is 0 Å². The smallest absolute Gasteiger partial charge is 0.333 e. The van der Waals surface area contributed by atoms with E-state index < -0.39 is 0 Å². The Hall–Kier alpha value is -6.32. The van der Waals surface area contributed by atoms with Crippen molar-refractivity contribution < 1.29 is 47.8 Å². The fourth-order valence-electron chi connectivity index (χ4n) is 20.9. The summed E-state index contributed by atoms with van der Waals surface area (Å²) in [6, 6.07) is 2.62. The van der Waals surface area contributed by atoms with Gasteiger partial charge in [-0.2, -0.15) is 0 Å². The molecule has 13 fully saturated rings. The van der Waals surface area contributed by atoms with E-state index in [2.05, 4.69) is 68.6 Å². The molecule has 618 valence electrons. The normalized spacial score (nSPS) is 29.6. The molecule has 0 bridgehead atoms. The minimum Gasteiger partial charge on any atom is -0.459 e. The lowest BCUT2D eigenvalue weighted by Crippen LogP contribution is -2.40. The van der Waals surface area contributed by atoms with E-state index >= 15 is 0 Å². The maximum absolute atomic E-state index is 11.6. The number of fused-ring (bicyclic) bond motifs is 5. The summed E-state index contributed by atoms with van der Waals surface area (Å²) >= 11 is 0. The van der Waals surface area contributed by atoms with E-state index in [1.54, 1.807) is 27.7 Å². The third-order valence-corrected chi connectivity index (χ3v) is 27.5. The van der Waals surface area contributed by atoms with Crippen molar-refractivity contribution in [3.8, 4) is 0 Å². The lowest BCUT2D eigenvalue weighted by atomic mass is 9.78. The molecule has 0 spiro atoms. The first-order chi connectivity index (χ1) is 52.7. The first-order valence-electron chi connectivity index (χ1n) is 44.0. The molecule has 0 radical (unpaired) electrons. The molecule has 0 aromatic rings. The van der Waals surface area contributed by atoms with Crippen LogP contribution in [0.3, 0.4) is 0 Å². The Morgan fingerprint density at radius 2 is 0.645 bits per heavy atom. The molecule has 6 amide bonds. The molecule has 0 heterocycles. The van der Waals surface area contributed by atoms with Crippen molar-refractivity contribution in [2.75, 3.05) is 21.1 Å². The van der Waals surface area contributed by atoms with Crippen LogP contribution in [0.1, 0.15) is 317 Å². The molecule has 3 N–H and O–H groups in total. The van der Waals surface area contributed by atoms with Crippen LogP contribution in [0.4, 0.5) is 0 Å². The average Bonchev–Trinajstić information content (AvgIpc) is 1.65. The van der Waals surface area contributed by atoms with Crippen molar-refractivity contribution in [1.82, 2.24) is 30.7 Å². The van der Waals surface area contributed by atoms with E-state index in [9.17, 15) is 38.4 Å². The van der Waals surface area contributed by atoms with Crippen LogP contribution in [-0.2, 0) is 47.8 Å². The monoisotopic (exact) mass is 1530 g/mol. The first kappa shape index (κ1) is 92.5. The Labute approximate surface area is 667 Å². The molecular formula is C94H152N6O10. The minimum absolute atomic E-state index is 0.00792. The molecule has 13 aliphatic rings. The average molecular weight is 1530 g/mol. The Kier molecular flexibility index (Phi) is 41.5. The van der Waals surface area contributed by atoms with Crippen molar-refractivity contribution in [3.63, 3.8) is 0 Å². The van der Waals surface area contributed by atoms with E-state index in [1.165, 1.54) is 249 Å². The number of ether oxygens (including phenoxy) is 2. The first-order valence-corrected chi connectivity index (χ1v) is 44.0. The van der Waals surface area contributed by atoms with E-state index in [1.807, 2.05) is 35.8 Å². The summed E-state index contributed by atoms with van der Waals surface area (Å²) in [5.74, 6) is 8.87. The van der Waals surface area contributed by atoms with Crippen molar-refractivity contribution in [1.29, 1.82) is 0 Å². The summed E-state index contributed by atoms with van der Waals surface area (Å²) in [5, 5.41) is 9.10. The molecule has 0 aliphatic heterocycles. The van der Waals surface area contributed by atoms with Gasteiger partial charge in [-0.3, -0.25) is 28.8 Å². The van der Waals surface area contributed by atoms with Gasteiger partial charge in [0.15, 0.2) is 0 Å². The van der Waals surface area contributed by atoms with Gasteiger partial charge in [0, 0.05) is 85.8 Å². The molecule has 13 aliphatic carbocycles. The highest BCUT2D eigenvalue weighted by molar-refractivity contribution is 5.93. The van der Waals surface area contributed by atoms with E-state index in [4.69, 9.17) is 9.47 Å². The number of esters is 2. The highest BCUT2D eigenvalue weighted by Crippen LogP contribution is 2.47. The third-order valence-electron chi connectivity index (χ3n) is 27.5. The van der Waals surface area contributed by atoms with Crippen molar-refractivity contribution in [3.05, 3.63) is 99.2 Å². The largest absolute Gasteiger partial charge is 0.459 e. The van der Waals surface area contributed by atoms with Crippen LogP contribution in [0.2, 0.25) is 0 Å². The molecular weight excluding hydrogens is 1370 g/mol. The molecule has 13 saturated carbocycles. The summed E-state index contributed by atoms with van der Waals surface area (Å²) in [7, 11) is 5.69. The molecule has 16 nitrogen and oxygen atoms in total. The van der Waals surface area contributed by atoms with Crippen LogP contribution in [-0.4, -0.2) is 132 Å². The van der Waals surface area contributed by atoms with Crippen LogP contribution in [0.25, 0.3) is 0 Å². The molecule has 15 atom stereocenters.